The third-order valence-corrected chi connectivity index (χ3v) is 8.99. The Kier molecular flexibility index (Phi) is 6.81. The summed E-state index contributed by atoms with van der Waals surface area (Å²) < 4.78 is 0. The van der Waals surface area contributed by atoms with Gasteiger partial charge in [-0.1, -0.05) is 164 Å². The molecule has 0 atom stereocenters. The standard InChI is InChI=1S/C45H32/c1-31-28-37(26-27-39(31)32-14-4-2-5-15-32)35-19-12-18-34(29-35)36-20-13-21-38(30-36)45-42-24-10-8-22-40(42)44(33-16-6-3-7-17-33)41-23-9-11-25-43(41)45/h2-30H,1H3. The summed E-state index contributed by atoms with van der Waals surface area (Å²) in [7, 11) is 0. The Morgan fingerprint density at radius 3 is 1.16 bits per heavy atom. The third-order valence-electron chi connectivity index (χ3n) is 8.99. The largest absolute Gasteiger partial charge is 0.0622 e. The number of hydrogen-bond acceptors (Lipinski definition) is 0. The molecule has 0 saturated heterocycles. The molecule has 45 heavy (non-hydrogen) atoms. The lowest BCUT2D eigenvalue weighted by Crippen LogP contribution is -1.91. The predicted molar refractivity (Wildman–Crippen MR) is 193 cm³/mol. The quantitative estimate of drug-likeness (QED) is 0.180. The van der Waals surface area contributed by atoms with E-state index in [9.17, 15) is 0 Å². The second kappa shape index (κ2) is 11.4. The van der Waals surface area contributed by atoms with E-state index in [0.717, 1.165) is 0 Å². The van der Waals surface area contributed by atoms with Crippen molar-refractivity contribution in [2.75, 3.05) is 0 Å². The predicted octanol–water partition coefficient (Wildman–Crippen LogP) is 12.6. The lowest BCUT2D eigenvalue weighted by molar-refractivity contribution is 1.45. The minimum Gasteiger partial charge on any atom is -0.0622 e. The molecule has 0 spiro atoms. The first kappa shape index (κ1) is 26.9. The maximum atomic E-state index is 2.36. The lowest BCUT2D eigenvalue weighted by Gasteiger charge is -2.18. The molecule has 0 fully saturated rings. The van der Waals surface area contributed by atoms with Crippen LogP contribution in [-0.4, -0.2) is 0 Å². The van der Waals surface area contributed by atoms with E-state index in [4.69, 9.17) is 0 Å². The number of rotatable bonds is 5. The molecule has 0 nitrogen and oxygen atoms in total. The van der Waals surface area contributed by atoms with Gasteiger partial charge in [0.2, 0.25) is 0 Å². The molecule has 212 valence electrons. The van der Waals surface area contributed by atoms with Crippen molar-refractivity contribution < 1.29 is 0 Å². The van der Waals surface area contributed by atoms with Crippen LogP contribution >= 0.6 is 0 Å². The van der Waals surface area contributed by atoms with Crippen LogP contribution in [0, 0.1) is 6.92 Å². The van der Waals surface area contributed by atoms with Crippen molar-refractivity contribution >= 4 is 21.5 Å². The molecular formula is C45H32. The van der Waals surface area contributed by atoms with Crippen molar-refractivity contribution in [2.45, 2.75) is 6.92 Å². The fraction of sp³-hybridized carbons (Fsp3) is 0.0222. The van der Waals surface area contributed by atoms with Crippen LogP contribution in [-0.2, 0) is 0 Å². The number of aryl methyl sites for hydroxylation is 1. The van der Waals surface area contributed by atoms with Crippen molar-refractivity contribution in [3.63, 3.8) is 0 Å². The normalized spacial score (nSPS) is 11.2. The summed E-state index contributed by atoms with van der Waals surface area (Å²) in [6.45, 7) is 2.21. The Balaban J connectivity index is 1.25. The zero-order valence-electron chi connectivity index (χ0n) is 25.2. The topological polar surface area (TPSA) is 0 Å². The average molecular weight is 573 g/mol. The van der Waals surface area contributed by atoms with Gasteiger partial charge >= 0.3 is 0 Å². The molecule has 0 N–H and O–H groups in total. The van der Waals surface area contributed by atoms with Gasteiger partial charge in [-0.15, -0.1) is 0 Å². The molecule has 0 aliphatic rings. The molecule has 0 aliphatic carbocycles. The van der Waals surface area contributed by atoms with Gasteiger partial charge in [0.05, 0.1) is 0 Å². The average Bonchev–Trinajstić information content (AvgIpc) is 3.11. The van der Waals surface area contributed by atoms with Crippen LogP contribution in [0.2, 0.25) is 0 Å². The van der Waals surface area contributed by atoms with Crippen LogP contribution in [0.4, 0.5) is 0 Å². The zero-order chi connectivity index (χ0) is 30.2. The summed E-state index contributed by atoms with van der Waals surface area (Å²) in [6, 6.07) is 63.9. The second-order valence-corrected chi connectivity index (χ2v) is 11.8. The van der Waals surface area contributed by atoms with Gasteiger partial charge in [0, 0.05) is 0 Å². The summed E-state index contributed by atoms with van der Waals surface area (Å²) in [5.74, 6) is 0. The van der Waals surface area contributed by atoms with Crippen LogP contribution in [0.3, 0.4) is 0 Å². The zero-order valence-corrected chi connectivity index (χ0v) is 25.2. The highest BCUT2D eigenvalue weighted by atomic mass is 14.2. The SMILES string of the molecule is Cc1cc(-c2cccc(-c3cccc(-c4c5ccccc5c(-c5ccccc5)c5ccccc45)c3)c2)ccc1-c1ccccc1. The molecule has 0 radical (unpaired) electrons. The Morgan fingerprint density at radius 2 is 0.644 bits per heavy atom. The van der Waals surface area contributed by atoms with E-state index in [1.54, 1.807) is 0 Å². The fourth-order valence-electron chi connectivity index (χ4n) is 6.87. The molecule has 0 heteroatoms. The maximum Gasteiger partial charge on any atom is -0.00262 e. The van der Waals surface area contributed by atoms with Crippen LogP contribution < -0.4 is 0 Å². The third kappa shape index (κ3) is 4.91. The minimum atomic E-state index is 1.22. The molecule has 0 unspecified atom stereocenters. The van der Waals surface area contributed by atoms with E-state index in [-0.39, 0.29) is 0 Å². The monoisotopic (exact) mass is 572 g/mol. The first-order valence-electron chi connectivity index (χ1n) is 15.6. The number of fused-ring (bicyclic) bond motifs is 2. The second-order valence-electron chi connectivity index (χ2n) is 11.8. The highest BCUT2D eigenvalue weighted by Crippen LogP contribution is 2.44. The molecule has 0 aromatic heterocycles. The summed E-state index contributed by atoms with van der Waals surface area (Å²) in [6.07, 6.45) is 0. The molecular weight excluding hydrogens is 540 g/mol. The molecule has 8 rings (SSSR count). The highest BCUT2D eigenvalue weighted by molar-refractivity contribution is 6.21. The van der Waals surface area contributed by atoms with Crippen molar-refractivity contribution in [3.8, 4) is 55.6 Å². The first-order chi connectivity index (χ1) is 22.2. The summed E-state index contributed by atoms with van der Waals surface area (Å²) in [5.41, 5.74) is 13.8. The molecule has 0 aliphatic heterocycles. The van der Waals surface area contributed by atoms with E-state index in [2.05, 4.69) is 183 Å². The van der Waals surface area contributed by atoms with Crippen LogP contribution in [0.15, 0.2) is 176 Å². The van der Waals surface area contributed by atoms with Crippen LogP contribution in [0.5, 0.6) is 0 Å². The van der Waals surface area contributed by atoms with Gasteiger partial charge in [0.15, 0.2) is 0 Å². The summed E-state index contributed by atoms with van der Waals surface area (Å²) in [4.78, 5) is 0. The summed E-state index contributed by atoms with van der Waals surface area (Å²) >= 11 is 0. The number of hydrogen-bond donors (Lipinski definition) is 0. The van der Waals surface area contributed by atoms with Crippen molar-refractivity contribution in [2.24, 2.45) is 0 Å². The van der Waals surface area contributed by atoms with Gasteiger partial charge in [0.25, 0.3) is 0 Å². The van der Waals surface area contributed by atoms with Crippen molar-refractivity contribution in [1.29, 1.82) is 0 Å². The smallest absolute Gasteiger partial charge is 0.00262 e. The van der Waals surface area contributed by atoms with Crippen LogP contribution in [0.1, 0.15) is 5.56 Å². The fourth-order valence-corrected chi connectivity index (χ4v) is 6.87. The molecule has 0 saturated carbocycles. The Morgan fingerprint density at radius 1 is 0.267 bits per heavy atom. The number of benzene rings is 8. The highest BCUT2D eigenvalue weighted by Gasteiger charge is 2.16. The van der Waals surface area contributed by atoms with Crippen LogP contribution in [0.25, 0.3) is 77.2 Å². The Hall–Kier alpha value is -5.72. The molecule has 0 amide bonds. The first-order valence-corrected chi connectivity index (χ1v) is 15.6. The molecule has 0 heterocycles. The van der Waals surface area contributed by atoms with E-state index in [1.165, 1.54) is 82.7 Å². The lowest BCUT2D eigenvalue weighted by atomic mass is 9.85. The van der Waals surface area contributed by atoms with E-state index in [0.29, 0.717) is 0 Å². The Bertz CT molecular complexity index is 2250. The van der Waals surface area contributed by atoms with E-state index in [1.807, 2.05) is 0 Å². The van der Waals surface area contributed by atoms with E-state index >= 15 is 0 Å². The maximum absolute atomic E-state index is 2.36. The summed E-state index contributed by atoms with van der Waals surface area (Å²) in [5, 5.41) is 5.10. The molecule has 8 aromatic carbocycles. The minimum absolute atomic E-state index is 1.22. The molecule has 0 bridgehead atoms. The van der Waals surface area contributed by atoms with Gasteiger partial charge in [-0.2, -0.15) is 0 Å². The van der Waals surface area contributed by atoms with Gasteiger partial charge in [-0.3, -0.25) is 0 Å². The Labute approximate surface area is 264 Å². The van der Waals surface area contributed by atoms with E-state index < -0.39 is 0 Å². The van der Waals surface area contributed by atoms with Crippen molar-refractivity contribution in [1.82, 2.24) is 0 Å². The van der Waals surface area contributed by atoms with Crippen molar-refractivity contribution in [3.05, 3.63) is 181 Å². The van der Waals surface area contributed by atoms with Gasteiger partial charge in [0.1, 0.15) is 0 Å². The van der Waals surface area contributed by atoms with Gasteiger partial charge in [-0.05, 0) is 102 Å². The van der Waals surface area contributed by atoms with Gasteiger partial charge < -0.3 is 0 Å². The molecule has 8 aromatic rings. The van der Waals surface area contributed by atoms with Gasteiger partial charge in [-0.25, -0.2) is 0 Å².